The summed E-state index contributed by atoms with van der Waals surface area (Å²) in [5.74, 6) is 1.87. The minimum absolute atomic E-state index is 0.101. The molecule has 1 aromatic heterocycles. The highest BCUT2D eigenvalue weighted by Crippen LogP contribution is 2.55. The second-order valence-corrected chi connectivity index (χ2v) is 9.79. The molecule has 32 heavy (non-hydrogen) atoms. The van der Waals surface area contributed by atoms with E-state index in [0.29, 0.717) is 29.5 Å². The molecule has 0 aliphatic carbocycles. The molecule has 0 saturated carbocycles. The average molecular weight is 467 g/mol. The average Bonchev–Trinajstić information content (AvgIpc) is 3.56. The van der Waals surface area contributed by atoms with Crippen molar-refractivity contribution in [1.82, 2.24) is 4.90 Å². The number of hydrogen-bond donors (Lipinski definition) is 0. The van der Waals surface area contributed by atoms with Crippen molar-refractivity contribution in [3.8, 4) is 11.5 Å². The van der Waals surface area contributed by atoms with Crippen molar-refractivity contribution < 1.29 is 19.1 Å². The van der Waals surface area contributed by atoms with Crippen molar-refractivity contribution in [3.63, 3.8) is 0 Å². The number of ether oxygens (including phenoxy) is 2. The van der Waals surface area contributed by atoms with Gasteiger partial charge < -0.3 is 19.3 Å². The van der Waals surface area contributed by atoms with Gasteiger partial charge in [-0.3, -0.25) is 9.59 Å². The molecule has 1 spiro atoms. The Bertz CT molecular complexity index is 1180. The number of thiophene rings is 1. The topological polar surface area (TPSA) is 59.1 Å². The molecule has 8 heteroatoms. The Morgan fingerprint density at radius 1 is 1.06 bits per heavy atom. The fourth-order valence-electron chi connectivity index (χ4n) is 4.36. The lowest BCUT2D eigenvalue weighted by atomic mass is 10.0. The molecule has 1 saturated heterocycles. The second-order valence-electron chi connectivity index (χ2n) is 7.55. The molecule has 3 aromatic rings. The van der Waals surface area contributed by atoms with E-state index in [1.807, 2.05) is 60.0 Å². The van der Waals surface area contributed by atoms with Gasteiger partial charge in [0, 0.05) is 17.9 Å². The van der Waals surface area contributed by atoms with Crippen LogP contribution in [0.5, 0.6) is 11.5 Å². The van der Waals surface area contributed by atoms with Crippen LogP contribution in [0.4, 0.5) is 5.69 Å². The summed E-state index contributed by atoms with van der Waals surface area (Å²) in [4.78, 5) is 30.6. The summed E-state index contributed by atoms with van der Waals surface area (Å²) >= 11 is 2.91. The molecule has 0 radical (unpaired) electrons. The highest BCUT2D eigenvalue weighted by atomic mass is 32.2. The fraction of sp³-hybridized carbons (Fsp3) is 0.250. The van der Waals surface area contributed by atoms with Crippen LogP contribution in [0.2, 0.25) is 0 Å². The molecule has 1 unspecified atom stereocenters. The van der Waals surface area contributed by atoms with Crippen LogP contribution in [0.15, 0.2) is 60.0 Å². The quantitative estimate of drug-likeness (QED) is 0.559. The highest BCUT2D eigenvalue weighted by Gasteiger charge is 2.59. The molecular weight excluding hydrogens is 444 g/mol. The summed E-state index contributed by atoms with van der Waals surface area (Å²) in [5, 5.41) is 1.88. The molecule has 5 rings (SSSR count). The van der Waals surface area contributed by atoms with Gasteiger partial charge in [-0.25, -0.2) is 0 Å². The summed E-state index contributed by atoms with van der Waals surface area (Å²) in [5.41, 5.74) is 2.56. The van der Waals surface area contributed by atoms with Crippen molar-refractivity contribution in [2.24, 2.45) is 0 Å². The van der Waals surface area contributed by atoms with Crippen molar-refractivity contribution >= 4 is 40.6 Å². The van der Waals surface area contributed by atoms with E-state index in [4.69, 9.17) is 9.47 Å². The monoisotopic (exact) mass is 466 g/mol. The predicted octanol–water partition coefficient (Wildman–Crippen LogP) is 4.35. The Morgan fingerprint density at radius 2 is 1.88 bits per heavy atom. The summed E-state index contributed by atoms with van der Waals surface area (Å²) < 4.78 is 10.8. The number of carbonyl (C=O) groups excluding carboxylic acids is 2. The van der Waals surface area contributed by atoms with Gasteiger partial charge in [-0.15, -0.1) is 23.1 Å². The van der Waals surface area contributed by atoms with Crippen LogP contribution in [0.3, 0.4) is 0 Å². The van der Waals surface area contributed by atoms with E-state index in [2.05, 4.69) is 0 Å². The van der Waals surface area contributed by atoms with Gasteiger partial charge in [-0.2, -0.15) is 0 Å². The van der Waals surface area contributed by atoms with Crippen molar-refractivity contribution in [3.05, 3.63) is 76.0 Å². The number of fused-ring (bicyclic) bond motifs is 2. The van der Waals surface area contributed by atoms with Gasteiger partial charge in [0.25, 0.3) is 11.8 Å². The first-order chi connectivity index (χ1) is 15.6. The number of carbonyl (C=O) groups is 2. The first-order valence-electron chi connectivity index (χ1n) is 10.2. The molecule has 164 valence electrons. The molecule has 2 amide bonds. The Kier molecular flexibility index (Phi) is 5.35. The van der Waals surface area contributed by atoms with E-state index >= 15 is 0 Å². The smallest absolute Gasteiger partial charge is 0.268 e. The van der Waals surface area contributed by atoms with E-state index in [1.54, 1.807) is 24.0 Å². The van der Waals surface area contributed by atoms with Crippen molar-refractivity contribution in [2.75, 3.05) is 31.4 Å². The van der Waals surface area contributed by atoms with Gasteiger partial charge in [-0.05, 0) is 47.3 Å². The first-order valence-corrected chi connectivity index (χ1v) is 12.1. The van der Waals surface area contributed by atoms with Gasteiger partial charge >= 0.3 is 0 Å². The van der Waals surface area contributed by atoms with E-state index in [0.717, 1.165) is 22.6 Å². The van der Waals surface area contributed by atoms with Crippen LogP contribution < -0.4 is 14.4 Å². The van der Waals surface area contributed by atoms with E-state index in [-0.39, 0.29) is 11.8 Å². The van der Waals surface area contributed by atoms with Crippen LogP contribution >= 0.6 is 23.1 Å². The van der Waals surface area contributed by atoms with Gasteiger partial charge in [0.2, 0.25) is 0 Å². The number of nitrogens with zero attached hydrogens (tertiary/aromatic N) is 2. The number of hydrogen-bond acceptors (Lipinski definition) is 6. The molecule has 2 aromatic carbocycles. The third kappa shape index (κ3) is 3.17. The summed E-state index contributed by atoms with van der Waals surface area (Å²) in [7, 11) is 3.23. The molecule has 2 aliphatic heterocycles. The number of thioether (sulfide) groups is 1. The van der Waals surface area contributed by atoms with Gasteiger partial charge in [0.15, 0.2) is 4.87 Å². The molecule has 3 heterocycles. The van der Waals surface area contributed by atoms with Crippen molar-refractivity contribution in [1.29, 1.82) is 0 Å². The number of amides is 2. The Hall–Kier alpha value is -2.97. The molecular formula is C24H22N2O4S2. The van der Waals surface area contributed by atoms with Crippen LogP contribution in [0.25, 0.3) is 0 Å². The molecule has 1 atom stereocenters. The van der Waals surface area contributed by atoms with Crippen LogP contribution in [0.1, 0.15) is 20.8 Å². The molecule has 0 N–H and O–H groups in total. The number of anilines is 1. The fourth-order valence-corrected chi connectivity index (χ4v) is 6.49. The minimum Gasteiger partial charge on any atom is -0.497 e. The normalized spacial score (nSPS) is 19.5. The largest absolute Gasteiger partial charge is 0.497 e. The Labute approximate surface area is 194 Å². The number of rotatable bonds is 5. The summed E-state index contributed by atoms with van der Waals surface area (Å²) in [6.07, 6.45) is 0. The van der Waals surface area contributed by atoms with E-state index in [9.17, 15) is 9.59 Å². The van der Waals surface area contributed by atoms with Crippen LogP contribution in [-0.2, 0) is 16.2 Å². The molecule has 0 bridgehead atoms. The zero-order chi connectivity index (χ0) is 22.3. The maximum atomic E-state index is 14.1. The van der Waals surface area contributed by atoms with Gasteiger partial charge in [0.05, 0.1) is 31.3 Å². The molecule has 6 nitrogen and oxygen atoms in total. The summed E-state index contributed by atoms with van der Waals surface area (Å²) in [6.45, 7) is 0.898. The zero-order valence-corrected chi connectivity index (χ0v) is 19.4. The molecule has 1 fully saturated rings. The third-order valence-electron chi connectivity index (χ3n) is 5.85. The first kappa shape index (κ1) is 20.9. The van der Waals surface area contributed by atoms with Gasteiger partial charge in [0.1, 0.15) is 11.5 Å². The number of benzene rings is 2. The highest BCUT2D eigenvalue weighted by molar-refractivity contribution is 8.01. The lowest BCUT2D eigenvalue weighted by molar-refractivity contribution is -0.123. The van der Waals surface area contributed by atoms with E-state index < -0.39 is 4.87 Å². The van der Waals surface area contributed by atoms with Gasteiger partial charge in [-0.1, -0.05) is 18.2 Å². The maximum Gasteiger partial charge on any atom is 0.268 e. The number of methoxy groups -OCH3 is 2. The Balaban J connectivity index is 1.60. The van der Waals surface area contributed by atoms with E-state index in [1.165, 1.54) is 23.1 Å². The third-order valence-corrected chi connectivity index (χ3v) is 8.13. The zero-order valence-electron chi connectivity index (χ0n) is 17.7. The Morgan fingerprint density at radius 3 is 2.62 bits per heavy atom. The predicted molar refractivity (Wildman–Crippen MR) is 127 cm³/mol. The SMILES string of the molecule is COc1cccc(CN2C(=O)C3(SCCN3C(=O)c3cccs3)c3cc(OC)ccc32)c1. The minimum atomic E-state index is -1.09. The lowest BCUT2D eigenvalue weighted by Gasteiger charge is -2.33. The maximum absolute atomic E-state index is 14.1. The van der Waals surface area contributed by atoms with Crippen LogP contribution in [-0.4, -0.2) is 43.2 Å². The van der Waals surface area contributed by atoms with Crippen LogP contribution in [0, 0.1) is 0 Å². The van der Waals surface area contributed by atoms with Crippen molar-refractivity contribution in [2.45, 2.75) is 11.4 Å². The molecule has 2 aliphatic rings. The summed E-state index contributed by atoms with van der Waals surface area (Å²) in [6, 6.07) is 17.0. The second kappa shape index (κ2) is 8.18. The standard InChI is InChI=1S/C24H22N2O4S2/c1-29-17-6-3-5-16(13-17)15-25-20-9-8-18(30-2)14-19(20)24(23(25)28)26(10-12-32-24)22(27)21-7-4-11-31-21/h3-9,11,13-14H,10,12,15H2,1-2H3. The lowest BCUT2D eigenvalue weighted by Crippen LogP contribution is -2.50.